The lowest BCUT2D eigenvalue weighted by Gasteiger charge is -2.21. The van der Waals surface area contributed by atoms with Crippen LogP contribution in [0, 0.1) is 0 Å². The van der Waals surface area contributed by atoms with Crippen molar-refractivity contribution in [3.05, 3.63) is 59.3 Å². The van der Waals surface area contributed by atoms with Crippen molar-refractivity contribution in [3.63, 3.8) is 0 Å². The summed E-state index contributed by atoms with van der Waals surface area (Å²) in [6, 6.07) is 10.5. The minimum atomic E-state index is 0.473. The summed E-state index contributed by atoms with van der Waals surface area (Å²) < 4.78 is 0. The Morgan fingerprint density at radius 2 is 1.93 bits per heavy atom. The van der Waals surface area contributed by atoms with Gasteiger partial charge in [-0.2, -0.15) is 0 Å². The molecule has 0 saturated heterocycles. The zero-order chi connectivity index (χ0) is 9.97. The third kappa shape index (κ3) is 1.58. The molecule has 0 bridgehead atoms. The van der Waals surface area contributed by atoms with Crippen LogP contribution in [0.3, 0.4) is 0 Å². The first-order valence-corrected chi connectivity index (χ1v) is 4.97. The SMILES string of the molecule is CC1=C(N)C=CCC1c1ccccc1. The van der Waals surface area contributed by atoms with Crippen LogP contribution in [0.4, 0.5) is 0 Å². The van der Waals surface area contributed by atoms with Crippen LogP contribution in [0.1, 0.15) is 24.8 Å². The van der Waals surface area contributed by atoms with E-state index in [1.165, 1.54) is 11.1 Å². The molecule has 1 unspecified atom stereocenters. The van der Waals surface area contributed by atoms with Gasteiger partial charge < -0.3 is 5.73 Å². The van der Waals surface area contributed by atoms with Crippen LogP contribution in [0.2, 0.25) is 0 Å². The van der Waals surface area contributed by atoms with Crippen molar-refractivity contribution in [1.82, 2.24) is 0 Å². The van der Waals surface area contributed by atoms with Gasteiger partial charge in [0.15, 0.2) is 0 Å². The molecular weight excluding hydrogens is 170 g/mol. The number of hydrogen-bond donors (Lipinski definition) is 1. The predicted octanol–water partition coefficient (Wildman–Crippen LogP) is 2.96. The van der Waals surface area contributed by atoms with E-state index in [0.717, 1.165) is 12.1 Å². The van der Waals surface area contributed by atoms with Crippen LogP contribution < -0.4 is 5.73 Å². The van der Waals surface area contributed by atoms with Gasteiger partial charge in [-0.1, -0.05) is 36.4 Å². The summed E-state index contributed by atoms with van der Waals surface area (Å²) in [7, 11) is 0. The lowest BCUT2D eigenvalue weighted by molar-refractivity contribution is 0.782. The van der Waals surface area contributed by atoms with Gasteiger partial charge in [-0.3, -0.25) is 0 Å². The molecule has 1 aliphatic rings. The highest BCUT2D eigenvalue weighted by Gasteiger charge is 2.16. The van der Waals surface area contributed by atoms with Crippen LogP contribution in [0.5, 0.6) is 0 Å². The third-order valence-electron chi connectivity index (χ3n) is 2.85. The highest BCUT2D eigenvalue weighted by Crippen LogP contribution is 2.31. The molecule has 72 valence electrons. The number of hydrogen-bond acceptors (Lipinski definition) is 1. The Hall–Kier alpha value is -1.50. The van der Waals surface area contributed by atoms with Crippen LogP contribution in [-0.2, 0) is 0 Å². The van der Waals surface area contributed by atoms with E-state index in [9.17, 15) is 0 Å². The van der Waals surface area contributed by atoms with Crippen molar-refractivity contribution < 1.29 is 0 Å². The third-order valence-corrected chi connectivity index (χ3v) is 2.85. The Morgan fingerprint density at radius 1 is 1.21 bits per heavy atom. The van der Waals surface area contributed by atoms with Gasteiger partial charge in [-0.15, -0.1) is 0 Å². The molecule has 0 amide bonds. The zero-order valence-electron chi connectivity index (χ0n) is 8.40. The first-order valence-electron chi connectivity index (χ1n) is 4.97. The summed E-state index contributed by atoms with van der Waals surface area (Å²) in [6.07, 6.45) is 5.23. The molecule has 1 atom stereocenters. The van der Waals surface area contributed by atoms with E-state index in [-0.39, 0.29) is 0 Å². The van der Waals surface area contributed by atoms with Crippen LogP contribution in [0.25, 0.3) is 0 Å². The largest absolute Gasteiger partial charge is 0.399 e. The maximum atomic E-state index is 5.90. The molecule has 2 N–H and O–H groups in total. The summed E-state index contributed by atoms with van der Waals surface area (Å²) >= 11 is 0. The minimum absolute atomic E-state index is 0.473. The molecule has 14 heavy (non-hydrogen) atoms. The van der Waals surface area contributed by atoms with E-state index >= 15 is 0 Å². The molecule has 2 rings (SSSR count). The van der Waals surface area contributed by atoms with Gasteiger partial charge in [0.25, 0.3) is 0 Å². The van der Waals surface area contributed by atoms with E-state index in [1.807, 2.05) is 12.1 Å². The molecule has 1 aromatic carbocycles. The van der Waals surface area contributed by atoms with Crippen molar-refractivity contribution >= 4 is 0 Å². The molecule has 1 nitrogen and oxygen atoms in total. The molecule has 0 aliphatic heterocycles. The summed E-state index contributed by atoms with van der Waals surface area (Å²) in [6.45, 7) is 2.12. The second-order valence-corrected chi connectivity index (χ2v) is 3.74. The fraction of sp³-hybridized carbons (Fsp3) is 0.231. The second kappa shape index (κ2) is 3.70. The lowest BCUT2D eigenvalue weighted by atomic mass is 9.85. The van der Waals surface area contributed by atoms with Gasteiger partial charge in [-0.25, -0.2) is 0 Å². The van der Waals surface area contributed by atoms with Crippen LogP contribution >= 0.6 is 0 Å². The van der Waals surface area contributed by atoms with E-state index in [4.69, 9.17) is 5.73 Å². The predicted molar refractivity (Wildman–Crippen MR) is 59.8 cm³/mol. The molecule has 1 aliphatic carbocycles. The molecular formula is C13H15N. The van der Waals surface area contributed by atoms with Gasteiger partial charge in [-0.05, 0) is 30.6 Å². The number of benzene rings is 1. The molecule has 0 fully saturated rings. The van der Waals surface area contributed by atoms with Gasteiger partial charge in [0.1, 0.15) is 0 Å². The van der Waals surface area contributed by atoms with Crippen molar-refractivity contribution in [3.8, 4) is 0 Å². The lowest BCUT2D eigenvalue weighted by Crippen LogP contribution is -2.09. The quantitative estimate of drug-likeness (QED) is 0.715. The molecule has 0 heterocycles. The fourth-order valence-electron chi connectivity index (χ4n) is 1.91. The maximum absolute atomic E-state index is 5.90. The average Bonchev–Trinajstić information content (AvgIpc) is 2.23. The van der Waals surface area contributed by atoms with Crippen molar-refractivity contribution in [2.75, 3.05) is 0 Å². The van der Waals surface area contributed by atoms with Crippen molar-refractivity contribution in [2.24, 2.45) is 5.73 Å². The number of allylic oxidation sites excluding steroid dienone is 3. The molecule has 0 radical (unpaired) electrons. The van der Waals surface area contributed by atoms with Gasteiger partial charge in [0, 0.05) is 11.6 Å². The molecule has 1 aromatic rings. The highest BCUT2D eigenvalue weighted by atomic mass is 14.6. The van der Waals surface area contributed by atoms with E-state index < -0.39 is 0 Å². The average molecular weight is 185 g/mol. The van der Waals surface area contributed by atoms with Crippen molar-refractivity contribution in [2.45, 2.75) is 19.3 Å². The first kappa shape index (κ1) is 9.07. The molecule has 1 heteroatoms. The minimum Gasteiger partial charge on any atom is -0.399 e. The molecule has 0 saturated carbocycles. The Kier molecular flexibility index (Phi) is 2.40. The summed E-state index contributed by atoms with van der Waals surface area (Å²) in [5, 5.41) is 0. The topological polar surface area (TPSA) is 26.0 Å². The zero-order valence-corrected chi connectivity index (χ0v) is 8.40. The molecule has 0 spiro atoms. The normalized spacial score (nSPS) is 21.4. The van der Waals surface area contributed by atoms with Crippen LogP contribution in [-0.4, -0.2) is 0 Å². The number of nitrogens with two attached hydrogens (primary N) is 1. The van der Waals surface area contributed by atoms with Gasteiger partial charge in [0.2, 0.25) is 0 Å². The Morgan fingerprint density at radius 3 is 2.64 bits per heavy atom. The summed E-state index contributed by atoms with van der Waals surface area (Å²) in [5.74, 6) is 0.473. The Bertz CT molecular complexity index is 373. The maximum Gasteiger partial charge on any atom is 0.0306 e. The number of rotatable bonds is 1. The van der Waals surface area contributed by atoms with Gasteiger partial charge >= 0.3 is 0 Å². The summed E-state index contributed by atoms with van der Waals surface area (Å²) in [5.41, 5.74) is 9.47. The van der Waals surface area contributed by atoms with Crippen molar-refractivity contribution in [1.29, 1.82) is 0 Å². The van der Waals surface area contributed by atoms with E-state index in [1.54, 1.807) is 0 Å². The fourth-order valence-corrected chi connectivity index (χ4v) is 1.91. The van der Waals surface area contributed by atoms with Crippen LogP contribution in [0.15, 0.2) is 53.8 Å². The van der Waals surface area contributed by atoms with Gasteiger partial charge in [0.05, 0.1) is 0 Å². The Labute approximate surface area is 84.9 Å². The summed E-state index contributed by atoms with van der Waals surface area (Å²) in [4.78, 5) is 0. The monoisotopic (exact) mass is 185 g/mol. The highest BCUT2D eigenvalue weighted by molar-refractivity contribution is 5.37. The van der Waals surface area contributed by atoms with E-state index in [0.29, 0.717) is 5.92 Å². The molecule has 0 aromatic heterocycles. The van der Waals surface area contributed by atoms with E-state index in [2.05, 4.69) is 37.3 Å². The smallest absolute Gasteiger partial charge is 0.0306 e. The first-order chi connectivity index (χ1) is 6.79. The second-order valence-electron chi connectivity index (χ2n) is 3.74. The Balaban J connectivity index is 2.34. The standard InChI is InChI=1S/C13H15N/c1-10-12(8-5-9-13(10)14)11-6-3-2-4-7-11/h2-7,9,12H,8,14H2,1H3.